The van der Waals surface area contributed by atoms with Crippen molar-refractivity contribution in [1.82, 2.24) is 5.32 Å². The second-order valence-corrected chi connectivity index (χ2v) is 4.68. The summed E-state index contributed by atoms with van der Waals surface area (Å²) in [6.45, 7) is 2.68. The molecule has 0 saturated heterocycles. The molecular formula is C12H18BrF2NO2. The van der Waals surface area contributed by atoms with E-state index >= 15 is 0 Å². The van der Waals surface area contributed by atoms with Gasteiger partial charge in [0.15, 0.2) is 4.67 Å². The van der Waals surface area contributed by atoms with Crippen LogP contribution in [0.5, 0.6) is 0 Å². The predicted octanol–water partition coefficient (Wildman–Crippen LogP) is 3.75. The van der Waals surface area contributed by atoms with Crippen LogP contribution >= 0.6 is 15.9 Å². The minimum Gasteiger partial charge on any atom is -0.453 e. The van der Waals surface area contributed by atoms with Crippen LogP contribution in [0.25, 0.3) is 0 Å². The van der Waals surface area contributed by atoms with Crippen LogP contribution in [-0.4, -0.2) is 26.2 Å². The largest absolute Gasteiger partial charge is 0.453 e. The summed E-state index contributed by atoms with van der Waals surface area (Å²) in [5.41, 5.74) is 0. The zero-order chi connectivity index (χ0) is 13.4. The monoisotopic (exact) mass is 325 g/mol. The van der Waals surface area contributed by atoms with Crippen molar-refractivity contribution in [1.29, 1.82) is 0 Å². The average Bonchev–Trinajstić information content (AvgIpc) is 2.74. The van der Waals surface area contributed by atoms with Crippen molar-refractivity contribution in [3.63, 3.8) is 0 Å². The summed E-state index contributed by atoms with van der Waals surface area (Å²) in [4.78, 5) is 0. The number of ether oxygens (including phenoxy) is 1. The van der Waals surface area contributed by atoms with Gasteiger partial charge in [0.25, 0.3) is 6.43 Å². The lowest BCUT2D eigenvalue weighted by Gasteiger charge is -2.16. The SMILES string of the molecule is CCCNC(CCOCC(F)F)c1ccc(Br)o1. The summed E-state index contributed by atoms with van der Waals surface area (Å²) >= 11 is 3.24. The molecule has 1 rings (SSSR count). The Kier molecular flexibility index (Phi) is 7.46. The Hall–Kier alpha value is -0.460. The lowest BCUT2D eigenvalue weighted by molar-refractivity contribution is 0.0138. The average molecular weight is 326 g/mol. The van der Waals surface area contributed by atoms with Crippen LogP contribution in [0.3, 0.4) is 0 Å². The molecule has 1 aromatic heterocycles. The van der Waals surface area contributed by atoms with Gasteiger partial charge in [0.05, 0.1) is 6.04 Å². The summed E-state index contributed by atoms with van der Waals surface area (Å²) < 4.78 is 34.9. The summed E-state index contributed by atoms with van der Waals surface area (Å²) in [6, 6.07) is 3.68. The molecule has 0 fully saturated rings. The van der Waals surface area contributed by atoms with Gasteiger partial charge in [0, 0.05) is 6.61 Å². The number of halogens is 3. The Morgan fingerprint density at radius 2 is 2.22 bits per heavy atom. The Balaban J connectivity index is 2.40. The number of hydrogen-bond donors (Lipinski definition) is 1. The van der Waals surface area contributed by atoms with Crippen molar-refractivity contribution in [2.24, 2.45) is 0 Å². The molecule has 1 N–H and O–H groups in total. The smallest absolute Gasteiger partial charge is 0.261 e. The zero-order valence-electron chi connectivity index (χ0n) is 10.3. The lowest BCUT2D eigenvalue weighted by Crippen LogP contribution is -2.23. The zero-order valence-corrected chi connectivity index (χ0v) is 11.9. The molecule has 1 unspecified atom stereocenters. The molecule has 0 aliphatic carbocycles. The predicted molar refractivity (Wildman–Crippen MR) is 68.9 cm³/mol. The highest BCUT2D eigenvalue weighted by Gasteiger charge is 2.15. The highest BCUT2D eigenvalue weighted by Crippen LogP contribution is 2.22. The van der Waals surface area contributed by atoms with Crippen molar-refractivity contribution in [3.8, 4) is 0 Å². The van der Waals surface area contributed by atoms with E-state index in [-0.39, 0.29) is 12.6 Å². The van der Waals surface area contributed by atoms with E-state index in [9.17, 15) is 8.78 Å². The fourth-order valence-corrected chi connectivity index (χ4v) is 1.87. The minimum atomic E-state index is -2.41. The maximum Gasteiger partial charge on any atom is 0.261 e. The Bertz CT molecular complexity index is 334. The Morgan fingerprint density at radius 1 is 1.44 bits per heavy atom. The van der Waals surface area contributed by atoms with Crippen LogP contribution < -0.4 is 5.32 Å². The summed E-state index contributed by atoms with van der Waals surface area (Å²) in [7, 11) is 0. The standard InChI is InChI=1S/C12H18BrF2NO2/c1-2-6-16-9(5-7-17-8-12(14)15)10-3-4-11(13)18-10/h3-4,9,12,16H,2,5-8H2,1H3. The number of alkyl halides is 2. The van der Waals surface area contributed by atoms with Crippen molar-refractivity contribution >= 4 is 15.9 Å². The van der Waals surface area contributed by atoms with Gasteiger partial charge < -0.3 is 14.5 Å². The van der Waals surface area contributed by atoms with Crippen molar-refractivity contribution in [2.45, 2.75) is 32.2 Å². The molecule has 1 heterocycles. The Labute approximate surface area is 114 Å². The molecule has 104 valence electrons. The van der Waals surface area contributed by atoms with Gasteiger partial charge in [-0.2, -0.15) is 0 Å². The summed E-state index contributed by atoms with van der Waals surface area (Å²) in [5, 5.41) is 3.31. The van der Waals surface area contributed by atoms with Crippen molar-refractivity contribution in [3.05, 3.63) is 22.6 Å². The third-order valence-corrected chi connectivity index (χ3v) is 2.80. The van der Waals surface area contributed by atoms with Crippen molar-refractivity contribution < 1.29 is 17.9 Å². The molecule has 0 amide bonds. The van der Waals surface area contributed by atoms with E-state index in [1.807, 2.05) is 12.1 Å². The maximum atomic E-state index is 11.9. The van der Waals surface area contributed by atoms with E-state index in [0.717, 1.165) is 18.7 Å². The van der Waals surface area contributed by atoms with Crippen LogP contribution in [0.15, 0.2) is 21.2 Å². The first-order chi connectivity index (χ1) is 8.63. The fourth-order valence-electron chi connectivity index (χ4n) is 1.55. The maximum absolute atomic E-state index is 11.9. The molecule has 1 aromatic rings. The third kappa shape index (κ3) is 5.93. The minimum absolute atomic E-state index is 0.00563. The van der Waals surface area contributed by atoms with Gasteiger partial charge in [-0.15, -0.1) is 0 Å². The van der Waals surface area contributed by atoms with Gasteiger partial charge in [-0.05, 0) is 47.4 Å². The van der Waals surface area contributed by atoms with Crippen molar-refractivity contribution in [2.75, 3.05) is 19.8 Å². The molecule has 3 nitrogen and oxygen atoms in total. The first-order valence-corrected chi connectivity index (χ1v) is 6.77. The molecule has 0 spiro atoms. The van der Waals surface area contributed by atoms with Gasteiger partial charge >= 0.3 is 0 Å². The van der Waals surface area contributed by atoms with E-state index in [2.05, 4.69) is 28.2 Å². The summed E-state index contributed by atoms with van der Waals surface area (Å²) in [5.74, 6) is 0.788. The highest BCUT2D eigenvalue weighted by atomic mass is 79.9. The van der Waals surface area contributed by atoms with E-state index in [4.69, 9.17) is 9.15 Å². The quantitative estimate of drug-likeness (QED) is 0.702. The van der Waals surface area contributed by atoms with Crippen LogP contribution in [0.4, 0.5) is 8.78 Å². The number of rotatable bonds is 9. The van der Waals surface area contributed by atoms with Crippen LogP contribution in [-0.2, 0) is 4.74 Å². The van der Waals surface area contributed by atoms with Gasteiger partial charge in [0.2, 0.25) is 0 Å². The van der Waals surface area contributed by atoms with E-state index in [1.165, 1.54) is 0 Å². The van der Waals surface area contributed by atoms with Crippen LogP contribution in [0.1, 0.15) is 31.6 Å². The van der Waals surface area contributed by atoms with Crippen LogP contribution in [0.2, 0.25) is 0 Å². The second kappa shape index (κ2) is 8.61. The molecule has 0 saturated carbocycles. The van der Waals surface area contributed by atoms with Gasteiger partial charge in [-0.3, -0.25) is 0 Å². The summed E-state index contributed by atoms with van der Waals surface area (Å²) in [6.07, 6.45) is -0.812. The number of hydrogen-bond acceptors (Lipinski definition) is 3. The Morgan fingerprint density at radius 3 is 2.78 bits per heavy atom. The highest BCUT2D eigenvalue weighted by molar-refractivity contribution is 9.10. The van der Waals surface area contributed by atoms with Gasteiger partial charge in [0.1, 0.15) is 12.4 Å². The second-order valence-electron chi connectivity index (χ2n) is 3.90. The van der Waals surface area contributed by atoms with E-state index in [0.29, 0.717) is 11.1 Å². The molecule has 0 aromatic carbocycles. The molecule has 1 atom stereocenters. The molecule has 0 bridgehead atoms. The van der Waals surface area contributed by atoms with Crippen LogP contribution in [0, 0.1) is 0 Å². The topological polar surface area (TPSA) is 34.4 Å². The van der Waals surface area contributed by atoms with Gasteiger partial charge in [-0.25, -0.2) is 8.78 Å². The molecule has 0 aliphatic rings. The molecule has 18 heavy (non-hydrogen) atoms. The molecule has 0 aliphatic heterocycles. The number of furan rings is 1. The molecular weight excluding hydrogens is 308 g/mol. The van der Waals surface area contributed by atoms with E-state index < -0.39 is 13.0 Å². The fraction of sp³-hybridized carbons (Fsp3) is 0.667. The molecule has 0 radical (unpaired) electrons. The first kappa shape index (κ1) is 15.6. The van der Waals surface area contributed by atoms with E-state index in [1.54, 1.807) is 0 Å². The first-order valence-electron chi connectivity index (χ1n) is 5.98. The normalized spacial score (nSPS) is 13.2. The lowest BCUT2D eigenvalue weighted by atomic mass is 10.1. The third-order valence-electron chi connectivity index (χ3n) is 2.37. The number of nitrogens with one attached hydrogen (secondary N) is 1. The molecule has 6 heteroatoms. The van der Waals surface area contributed by atoms with Gasteiger partial charge in [-0.1, -0.05) is 6.92 Å².